The van der Waals surface area contributed by atoms with Crippen LogP contribution < -0.4 is 11.1 Å². The van der Waals surface area contributed by atoms with Gasteiger partial charge >= 0.3 is 6.01 Å². The zero-order chi connectivity index (χ0) is 9.84. The minimum Gasteiger partial charge on any atom is -0.408 e. The second kappa shape index (κ2) is 3.65. The van der Waals surface area contributed by atoms with Gasteiger partial charge in [0.25, 0.3) is 0 Å². The van der Waals surface area contributed by atoms with Crippen molar-refractivity contribution in [2.24, 2.45) is 5.73 Å². The van der Waals surface area contributed by atoms with Crippen LogP contribution in [0.2, 0.25) is 0 Å². The Bertz CT molecular complexity index is 332. The number of aromatic nitrogens is 2. The predicted molar refractivity (Wildman–Crippen MR) is 41.5 cm³/mol. The molecular weight excluding hydrogens is 176 g/mol. The van der Waals surface area contributed by atoms with Gasteiger partial charge in [0, 0.05) is 6.92 Å². The van der Waals surface area contributed by atoms with E-state index in [2.05, 4.69) is 15.5 Å². The van der Waals surface area contributed by atoms with E-state index in [0.29, 0.717) is 5.89 Å². The van der Waals surface area contributed by atoms with Gasteiger partial charge in [-0.2, -0.15) is 0 Å². The van der Waals surface area contributed by atoms with Crippen molar-refractivity contribution < 1.29 is 14.0 Å². The summed E-state index contributed by atoms with van der Waals surface area (Å²) in [5.41, 5.74) is 4.79. The first-order valence-corrected chi connectivity index (χ1v) is 3.46. The Balaban J connectivity index is 2.50. The molecule has 0 aromatic carbocycles. The van der Waals surface area contributed by atoms with Crippen LogP contribution in [0.1, 0.15) is 12.3 Å². The van der Waals surface area contributed by atoms with E-state index < -0.39 is 18.2 Å². The molecule has 1 aromatic rings. The summed E-state index contributed by atoms with van der Waals surface area (Å²) in [4.78, 5) is 21.2. The lowest BCUT2D eigenvalue weighted by Crippen LogP contribution is -2.21. The Kier molecular flexibility index (Phi) is 2.58. The van der Waals surface area contributed by atoms with E-state index in [1.54, 1.807) is 6.92 Å². The van der Waals surface area contributed by atoms with E-state index in [0.717, 1.165) is 0 Å². The topological polar surface area (TPSA) is 111 Å². The Hall–Kier alpha value is -1.92. The molecule has 0 unspecified atom stereocenters. The molecule has 1 aromatic heterocycles. The second-order valence-corrected chi connectivity index (χ2v) is 2.32. The molecule has 0 spiro atoms. The molecule has 1 heterocycles. The van der Waals surface area contributed by atoms with Crippen molar-refractivity contribution >= 4 is 17.8 Å². The Labute approximate surface area is 73.3 Å². The fourth-order valence-corrected chi connectivity index (χ4v) is 0.669. The molecule has 0 aliphatic heterocycles. The maximum atomic E-state index is 10.9. The van der Waals surface area contributed by atoms with Crippen LogP contribution in [0.15, 0.2) is 4.42 Å². The SMILES string of the molecule is Cc1nnc(NC(=O)CC(N)=O)o1. The maximum absolute atomic E-state index is 10.9. The fraction of sp³-hybridized carbons (Fsp3) is 0.333. The van der Waals surface area contributed by atoms with Crippen LogP contribution >= 0.6 is 0 Å². The first kappa shape index (κ1) is 9.17. The van der Waals surface area contributed by atoms with E-state index in [4.69, 9.17) is 10.2 Å². The molecule has 0 bridgehead atoms. The highest BCUT2D eigenvalue weighted by Gasteiger charge is 2.09. The van der Waals surface area contributed by atoms with E-state index >= 15 is 0 Å². The Morgan fingerprint density at radius 1 is 1.54 bits per heavy atom. The van der Waals surface area contributed by atoms with Crippen LogP contribution in [0.5, 0.6) is 0 Å². The third kappa shape index (κ3) is 2.89. The largest absolute Gasteiger partial charge is 0.408 e. The smallest absolute Gasteiger partial charge is 0.322 e. The van der Waals surface area contributed by atoms with Gasteiger partial charge < -0.3 is 10.2 Å². The lowest BCUT2D eigenvalue weighted by molar-refractivity contribution is -0.124. The molecule has 7 heteroatoms. The highest BCUT2D eigenvalue weighted by molar-refractivity contribution is 6.02. The van der Waals surface area contributed by atoms with Gasteiger partial charge in [0.05, 0.1) is 0 Å². The molecule has 0 aliphatic carbocycles. The standard InChI is InChI=1S/C6H8N4O3/c1-3-9-10-6(13-3)8-5(12)2-4(7)11/h2H2,1H3,(H2,7,11)(H,8,10,12). The number of rotatable bonds is 3. The number of primary amides is 1. The normalized spacial score (nSPS) is 9.62. The molecular formula is C6H8N4O3. The molecule has 0 aliphatic rings. The number of aryl methyl sites for hydroxylation is 1. The molecule has 2 amide bonds. The van der Waals surface area contributed by atoms with Gasteiger partial charge in [-0.1, -0.05) is 5.10 Å². The van der Waals surface area contributed by atoms with Crippen molar-refractivity contribution in [1.29, 1.82) is 0 Å². The average Bonchev–Trinajstić information content (AvgIpc) is 2.33. The van der Waals surface area contributed by atoms with E-state index in [1.807, 2.05) is 0 Å². The number of nitrogens with one attached hydrogen (secondary N) is 1. The number of hydrogen-bond donors (Lipinski definition) is 2. The zero-order valence-corrected chi connectivity index (χ0v) is 6.90. The van der Waals surface area contributed by atoms with Crippen LogP contribution in [0.3, 0.4) is 0 Å². The van der Waals surface area contributed by atoms with Crippen molar-refractivity contribution in [3.63, 3.8) is 0 Å². The number of nitrogens with zero attached hydrogens (tertiary/aromatic N) is 2. The summed E-state index contributed by atoms with van der Waals surface area (Å²) in [5.74, 6) is -0.959. The molecule has 0 fully saturated rings. The first-order valence-electron chi connectivity index (χ1n) is 3.46. The molecule has 0 saturated heterocycles. The quantitative estimate of drug-likeness (QED) is 0.597. The summed E-state index contributed by atoms with van der Waals surface area (Å²) in [7, 11) is 0. The van der Waals surface area contributed by atoms with Gasteiger partial charge in [-0.3, -0.25) is 14.9 Å². The average molecular weight is 184 g/mol. The summed E-state index contributed by atoms with van der Waals surface area (Å²) in [5, 5.41) is 9.18. The monoisotopic (exact) mass is 184 g/mol. The lowest BCUT2D eigenvalue weighted by atomic mass is 10.4. The first-order chi connectivity index (χ1) is 6.08. The molecule has 13 heavy (non-hydrogen) atoms. The van der Waals surface area contributed by atoms with Crippen molar-refractivity contribution in [2.75, 3.05) is 5.32 Å². The van der Waals surface area contributed by atoms with Crippen LogP contribution in [0, 0.1) is 6.92 Å². The van der Waals surface area contributed by atoms with E-state index in [9.17, 15) is 9.59 Å². The number of amides is 2. The molecule has 7 nitrogen and oxygen atoms in total. The summed E-state index contributed by atoms with van der Waals surface area (Å²) in [6.45, 7) is 1.58. The minimum absolute atomic E-state index is 0.0382. The van der Waals surface area contributed by atoms with Crippen LogP contribution in [-0.4, -0.2) is 22.0 Å². The van der Waals surface area contributed by atoms with Gasteiger partial charge in [0.15, 0.2) is 0 Å². The molecule has 70 valence electrons. The van der Waals surface area contributed by atoms with Crippen molar-refractivity contribution in [3.05, 3.63) is 5.89 Å². The Morgan fingerprint density at radius 2 is 2.23 bits per heavy atom. The fourth-order valence-electron chi connectivity index (χ4n) is 0.669. The van der Waals surface area contributed by atoms with Crippen LogP contribution in [0.25, 0.3) is 0 Å². The summed E-state index contributed by atoms with van der Waals surface area (Å²) in [6.07, 6.45) is -0.401. The van der Waals surface area contributed by atoms with Gasteiger partial charge in [0.2, 0.25) is 17.7 Å². The molecule has 1 rings (SSSR count). The van der Waals surface area contributed by atoms with Crippen LogP contribution in [0.4, 0.5) is 6.01 Å². The molecule has 0 saturated carbocycles. The van der Waals surface area contributed by atoms with Crippen molar-refractivity contribution in [2.45, 2.75) is 13.3 Å². The summed E-state index contributed by atoms with van der Waals surface area (Å²) in [6, 6.07) is -0.0382. The number of hydrogen-bond acceptors (Lipinski definition) is 5. The van der Waals surface area contributed by atoms with Gasteiger partial charge in [-0.15, -0.1) is 5.10 Å². The highest BCUT2D eigenvalue weighted by atomic mass is 16.4. The number of carbonyl (C=O) groups excluding carboxylic acids is 2. The lowest BCUT2D eigenvalue weighted by Gasteiger charge is -1.95. The third-order valence-electron chi connectivity index (χ3n) is 1.11. The molecule has 3 N–H and O–H groups in total. The van der Waals surface area contributed by atoms with E-state index in [1.165, 1.54) is 0 Å². The third-order valence-corrected chi connectivity index (χ3v) is 1.11. The summed E-state index contributed by atoms with van der Waals surface area (Å²) >= 11 is 0. The van der Waals surface area contributed by atoms with Gasteiger partial charge in [-0.05, 0) is 0 Å². The predicted octanol–water partition coefficient (Wildman–Crippen LogP) is -0.808. The van der Waals surface area contributed by atoms with Crippen molar-refractivity contribution in [1.82, 2.24) is 10.2 Å². The van der Waals surface area contributed by atoms with Crippen LogP contribution in [-0.2, 0) is 9.59 Å². The molecule has 0 atom stereocenters. The summed E-state index contributed by atoms with van der Waals surface area (Å²) < 4.78 is 4.83. The van der Waals surface area contributed by atoms with Gasteiger partial charge in [0.1, 0.15) is 6.42 Å². The van der Waals surface area contributed by atoms with Crippen molar-refractivity contribution in [3.8, 4) is 0 Å². The Morgan fingerprint density at radius 3 is 2.69 bits per heavy atom. The number of anilines is 1. The maximum Gasteiger partial charge on any atom is 0.322 e. The zero-order valence-electron chi connectivity index (χ0n) is 6.90. The second-order valence-electron chi connectivity index (χ2n) is 2.32. The van der Waals surface area contributed by atoms with Gasteiger partial charge in [-0.25, -0.2) is 0 Å². The van der Waals surface area contributed by atoms with E-state index in [-0.39, 0.29) is 6.01 Å². The molecule has 0 radical (unpaired) electrons. The highest BCUT2D eigenvalue weighted by Crippen LogP contribution is 2.03. The number of nitrogens with two attached hydrogens (primary N) is 1. The number of carbonyl (C=O) groups is 2. The minimum atomic E-state index is -0.714.